The molecule has 2 N–H and O–H groups in total. The summed E-state index contributed by atoms with van der Waals surface area (Å²) in [5, 5.41) is 7.46. The first-order valence-electron chi connectivity index (χ1n) is 6.43. The van der Waals surface area contributed by atoms with Gasteiger partial charge in [-0.2, -0.15) is 0 Å². The molecule has 8 heteroatoms. The van der Waals surface area contributed by atoms with Crippen molar-refractivity contribution in [1.29, 1.82) is 0 Å². The van der Waals surface area contributed by atoms with Crippen molar-refractivity contribution in [1.82, 2.24) is 4.72 Å². The molecule has 7 nitrogen and oxygen atoms in total. The Morgan fingerprint density at radius 3 is 2.20 bits per heavy atom. The lowest BCUT2D eigenvalue weighted by atomic mass is 10.0. The Morgan fingerprint density at radius 2 is 1.75 bits per heavy atom. The van der Waals surface area contributed by atoms with E-state index in [0.717, 1.165) is 7.11 Å². The van der Waals surface area contributed by atoms with Crippen molar-refractivity contribution in [2.24, 2.45) is 5.92 Å². The lowest BCUT2D eigenvalue weighted by Gasteiger charge is -2.17. The Labute approximate surface area is 119 Å². The number of carbonyl (C=O) groups excluding carboxylic acids is 1. The number of carboxylic acids is 1. The number of hydrogen-bond donors (Lipinski definition) is 2. The van der Waals surface area contributed by atoms with E-state index in [1.54, 1.807) is 13.8 Å². The monoisotopic (exact) mass is 309 g/mol. The van der Waals surface area contributed by atoms with Crippen LogP contribution in [0.5, 0.6) is 0 Å². The summed E-state index contributed by atoms with van der Waals surface area (Å²) in [7, 11) is -2.65. The molecule has 0 fully saturated rings. The van der Waals surface area contributed by atoms with E-state index in [2.05, 4.69) is 9.46 Å². The van der Waals surface area contributed by atoms with E-state index in [0.29, 0.717) is 19.3 Å². The molecule has 0 rings (SSSR count). The van der Waals surface area contributed by atoms with Gasteiger partial charge in [-0.1, -0.05) is 13.3 Å². The van der Waals surface area contributed by atoms with Gasteiger partial charge in [0.1, 0.15) is 0 Å². The Balaban J connectivity index is 4.29. The maximum absolute atomic E-state index is 11.8. The second-order valence-corrected chi connectivity index (χ2v) is 6.93. The first-order chi connectivity index (χ1) is 9.11. The summed E-state index contributed by atoms with van der Waals surface area (Å²) in [4.78, 5) is 21.8. The number of nitrogens with one attached hydrogen (secondary N) is 1. The van der Waals surface area contributed by atoms with Crippen LogP contribution in [0.4, 0.5) is 0 Å². The Hall–Kier alpha value is -1.15. The molecule has 0 aliphatic carbocycles. The average molecular weight is 309 g/mol. The van der Waals surface area contributed by atoms with Crippen molar-refractivity contribution in [2.45, 2.75) is 51.3 Å². The van der Waals surface area contributed by atoms with E-state index in [9.17, 15) is 18.0 Å². The molecule has 0 bridgehead atoms. The largest absolute Gasteiger partial charge is 0.481 e. The first kappa shape index (κ1) is 18.9. The molecule has 3 atom stereocenters. The Kier molecular flexibility index (Phi) is 7.74. The summed E-state index contributed by atoms with van der Waals surface area (Å²) in [6.45, 7) is 4.54. The average Bonchev–Trinajstić information content (AvgIpc) is 2.35. The molecule has 0 saturated heterocycles. The van der Waals surface area contributed by atoms with Crippen LogP contribution in [-0.4, -0.2) is 43.9 Å². The summed E-state index contributed by atoms with van der Waals surface area (Å²) in [6, 6.07) is -0.367. The second-order valence-electron chi connectivity index (χ2n) is 4.90. The molecular formula is C12H23NO6S. The fourth-order valence-corrected chi connectivity index (χ4v) is 2.82. The zero-order valence-electron chi connectivity index (χ0n) is 12.3. The summed E-state index contributed by atoms with van der Waals surface area (Å²) in [6.07, 6.45) is 1.57. The van der Waals surface area contributed by atoms with E-state index >= 15 is 0 Å². The van der Waals surface area contributed by atoms with Gasteiger partial charge in [-0.05, 0) is 26.7 Å². The van der Waals surface area contributed by atoms with Gasteiger partial charge in [-0.3, -0.25) is 9.59 Å². The molecule has 0 amide bonds. The van der Waals surface area contributed by atoms with E-state index in [1.807, 2.05) is 0 Å². The van der Waals surface area contributed by atoms with Crippen molar-refractivity contribution < 1.29 is 27.9 Å². The van der Waals surface area contributed by atoms with E-state index in [-0.39, 0.29) is 6.04 Å². The van der Waals surface area contributed by atoms with Crippen molar-refractivity contribution in [3.05, 3.63) is 0 Å². The van der Waals surface area contributed by atoms with E-state index < -0.39 is 33.1 Å². The number of sulfonamides is 1. The molecule has 0 aliphatic rings. The van der Waals surface area contributed by atoms with Gasteiger partial charge >= 0.3 is 11.9 Å². The quantitative estimate of drug-likeness (QED) is 0.608. The normalized spacial score (nSPS) is 16.2. The van der Waals surface area contributed by atoms with Crippen molar-refractivity contribution in [3.8, 4) is 0 Å². The topological polar surface area (TPSA) is 110 Å². The minimum atomic E-state index is -3.78. The highest BCUT2D eigenvalue weighted by atomic mass is 32.2. The lowest BCUT2D eigenvalue weighted by Crippen LogP contribution is -2.42. The van der Waals surface area contributed by atoms with E-state index in [1.165, 1.54) is 6.92 Å². The second kappa shape index (κ2) is 8.21. The van der Waals surface area contributed by atoms with Gasteiger partial charge in [-0.25, -0.2) is 13.1 Å². The SMILES string of the molecule is COC(=O)C(C)S(=O)(=O)NC(C)CCCC(C)C(=O)O. The third-order valence-corrected chi connectivity index (χ3v) is 4.91. The standard InChI is InChI=1S/C12H23NO6S/c1-8(11(14)15)6-5-7-9(2)13-20(17,18)10(3)12(16)19-4/h8-10,13H,5-7H2,1-4H3,(H,14,15). The number of methoxy groups -OCH3 is 1. The highest BCUT2D eigenvalue weighted by Gasteiger charge is 2.29. The predicted octanol–water partition coefficient (Wildman–Crippen LogP) is 0.747. The molecule has 0 spiro atoms. The number of ether oxygens (including phenoxy) is 1. The summed E-state index contributed by atoms with van der Waals surface area (Å²) >= 11 is 0. The maximum Gasteiger partial charge on any atom is 0.325 e. The molecule has 0 saturated carbocycles. The van der Waals surface area contributed by atoms with Crippen molar-refractivity contribution in [2.75, 3.05) is 7.11 Å². The van der Waals surface area contributed by atoms with Crippen LogP contribution in [0, 0.1) is 5.92 Å². The highest BCUT2D eigenvalue weighted by Crippen LogP contribution is 2.11. The molecule has 0 aliphatic heterocycles. The fraction of sp³-hybridized carbons (Fsp3) is 0.833. The van der Waals surface area contributed by atoms with Crippen molar-refractivity contribution >= 4 is 22.0 Å². The molecule has 0 heterocycles. The van der Waals surface area contributed by atoms with Crippen LogP contribution in [-0.2, 0) is 24.3 Å². The third kappa shape index (κ3) is 6.33. The van der Waals surface area contributed by atoms with Crippen LogP contribution in [0.25, 0.3) is 0 Å². The summed E-state index contributed by atoms with van der Waals surface area (Å²) < 4.78 is 30.5. The van der Waals surface area contributed by atoms with Crippen LogP contribution in [0.15, 0.2) is 0 Å². The number of esters is 1. The molecule has 0 aromatic carbocycles. The molecule has 20 heavy (non-hydrogen) atoms. The molecule has 0 radical (unpaired) electrons. The van der Waals surface area contributed by atoms with Gasteiger partial charge in [0.25, 0.3) is 0 Å². The predicted molar refractivity (Wildman–Crippen MR) is 73.6 cm³/mol. The van der Waals surface area contributed by atoms with Crippen molar-refractivity contribution in [3.63, 3.8) is 0 Å². The van der Waals surface area contributed by atoms with Crippen LogP contribution in [0.3, 0.4) is 0 Å². The van der Waals surface area contributed by atoms with Crippen LogP contribution < -0.4 is 4.72 Å². The third-order valence-electron chi connectivity index (χ3n) is 3.06. The fourth-order valence-electron chi connectivity index (χ4n) is 1.59. The number of rotatable bonds is 9. The number of aliphatic carboxylic acids is 1. The molecule has 118 valence electrons. The van der Waals surface area contributed by atoms with E-state index in [4.69, 9.17) is 5.11 Å². The maximum atomic E-state index is 11.8. The van der Waals surface area contributed by atoms with Gasteiger partial charge < -0.3 is 9.84 Å². The first-order valence-corrected chi connectivity index (χ1v) is 7.98. The zero-order chi connectivity index (χ0) is 15.9. The Bertz CT molecular complexity index is 433. The molecule has 0 aromatic rings. The van der Waals surface area contributed by atoms with Gasteiger partial charge in [0, 0.05) is 6.04 Å². The van der Waals surface area contributed by atoms with Gasteiger partial charge in [-0.15, -0.1) is 0 Å². The minimum absolute atomic E-state index is 0.367. The van der Waals surface area contributed by atoms with Gasteiger partial charge in [0.15, 0.2) is 5.25 Å². The number of carboxylic acid groups (broad SMARTS) is 1. The summed E-state index contributed by atoms with van der Waals surface area (Å²) in [5.41, 5.74) is 0. The molecule has 3 unspecified atom stereocenters. The van der Waals surface area contributed by atoms with Crippen LogP contribution in [0.2, 0.25) is 0 Å². The van der Waals surface area contributed by atoms with Crippen LogP contribution in [0.1, 0.15) is 40.0 Å². The number of hydrogen-bond acceptors (Lipinski definition) is 5. The highest BCUT2D eigenvalue weighted by molar-refractivity contribution is 7.90. The van der Waals surface area contributed by atoms with Gasteiger partial charge in [0.05, 0.1) is 13.0 Å². The molecular weight excluding hydrogens is 286 g/mol. The number of carbonyl (C=O) groups is 2. The minimum Gasteiger partial charge on any atom is -0.481 e. The van der Waals surface area contributed by atoms with Gasteiger partial charge in [0.2, 0.25) is 10.0 Å². The Morgan fingerprint density at radius 1 is 1.20 bits per heavy atom. The zero-order valence-corrected chi connectivity index (χ0v) is 13.1. The summed E-state index contributed by atoms with van der Waals surface area (Å²) in [5.74, 6) is -2.13. The smallest absolute Gasteiger partial charge is 0.325 e. The van der Waals surface area contributed by atoms with Crippen LogP contribution >= 0.6 is 0 Å². The lowest BCUT2D eigenvalue weighted by molar-refractivity contribution is -0.141. The molecule has 0 aromatic heterocycles.